The summed E-state index contributed by atoms with van der Waals surface area (Å²) in [5, 5.41) is 14.6. The van der Waals surface area contributed by atoms with Crippen LogP contribution in [-0.4, -0.2) is 12.0 Å². The van der Waals surface area contributed by atoms with E-state index in [1.165, 1.54) is 12.1 Å². The van der Waals surface area contributed by atoms with Crippen molar-refractivity contribution in [3.8, 4) is 5.75 Å². The van der Waals surface area contributed by atoms with Crippen LogP contribution in [0.25, 0.3) is 0 Å². The molecule has 0 aliphatic carbocycles. The Morgan fingerprint density at radius 3 is 2.71 bits per heavy atom. The first-order valence-electron chi connectivity index (χ1n) is 6.32. The zero-order valence-electron chi connectivity index (χ0n) is 11.7. The third-order valence-electron chi connectivity index (χ3n) is 3.14. The van der Waals surface area contributed by atoms with E-state index in [0.29, 0.717) is 17.3 Å². The first-order valence-corrected chi connectivity index (χ1v) is 6.70. The van der Waals surface area contributed by atoms with E-state index in [9.17, 15) is 10.1 Å². The molecule has 6 heteroatoms. The molecule has 0 spiro atoms. The third kappa shape index (κ3) is 3.64. The molecule has 0 aliphatic heterocycles. The quantitative estimate of drug-likeness (QED) is 0.665. The van der Waals surface area contributed by atoms with E-state index < -0.39 is 4.92 Å². The van der Waals surface area contributed by atoms with Crippen LogP contribution in [0, 0.1) is 17.0 Å². The second-order valence-electron chi connectivity index (χ2n) is 4.57. The van der Waals surface area contributed by atoms with Gasteiger partial charge in [-0.25, -0.2) is 0 Å². The Bertz CT molecular complexity index is 674. The Kier molecular flexibility index (Phi) is 4.65. The van der Waals surface area contributed by atoms with Gasteiger partial charge in [0.15, 0.2) is 0 Å². The zero-order valence-corrected chi connectivity index (χ0v) is 12.5. The molecule has 0 bridgehead atoms. The Labute approximate surface area is 127 Å². The highest BCUT2D eigenvalue weighted by atomic mass is 35.5. The molecule has 0 radical (unpaired) electrons. The maximum atomic E-state index is 10.8. The number of nitrogens with one attached hydrogen (secondary N) is 1. The molecule has 0 saturated heterocycles. The van der Waals surface area contributed by atoms with Gasteiger partial charge in [-0.05, 0) is 30.7 Å². The van der Waals surface area contributed by atoms with Crippen molar-refractivity contribution in [1.29, 1.82) is 0 Å². The minimum Gasteiger partial charge on any atom is -0.496 e. The number of rotatable bonds is 5. The first-order chi connectivity index (χ1) is 10.0. The molecular formula is C15H15ClN2O3. The van der Waals surface area contributed by atoms with Gasteiger partial charge in [-0.3, -0.25) is 10.1 Å². The van der Waals surface area contributed by atoms with E-state index >= 15 is 0 Å². The van der Waals surface area contributed by atoms with Crippen LogP contribution in [-0.2, 0) is 6.54 Å². The second kappa shape index (κ2) is 6.45. The van der Waals surface area contributed by atoms with E-state index in [1.807, 2.05) is 6.92 Å². The maximum absolute atomic E-state index is 10.8. The number of non-ortho nitro benzene ring substituents is 1. The van der Waals surface area contributed by atoms with Gasteiger partial charge in [0.1, 0.15) is 5.75 Å². The largest absolute Gasteiger partial charge is 0.496 e. The summed E-state index contributed by atoms with van der Waals surface area (Å²) in [4.78, 5) is 10.4. The van der Waals surface area contributed by atoms with Gasteiger partial charge in [0.2, 0.25) is 0 Å². The maximum Gasteiger partial charge on any atom is 0.271 e. The number of nitro benzene ring substituents is 1. The number of methoxy groups -OCH3 is 1. The van der Waals surface area contributed by atoms with Crippen molar-refractivity contribution in [1.82, 2.24) is 0 Å². The van der Waals surface area contributed by atoms with Gasteiger partial charge in [-0.15, -0.1) is 0 Å². The van der Waals surface area contributed by atoms with Gasteiger partial charge in [0.25, 0.3) is 5.69 Å². The van der Waals surface area contributed by atoms with Crippen molar-refractivity contribution in [3.63, 3.8) is 0 Å². The second-order valence-corrected chi connectivity index (χ2v) is 5.00. The minimum atomic E-state index is -0.412. The van der Waals surface area contributed by atoms with Crippen molar-refractivity contribution in [2.24, 2.45) is 0 Å². The molecule has 0 aromatic heterocycles. The minimum absolute atomic E-state index is 0.0566. The number of aryl methyl sites for hydroxylation is 1. The van der Waals surface area contributed by atoms with Gasteiger partial charge in [0, 0.05) is 35.0 Å². The standard InChI is InChI=1S/C15H15ClN2O3/c1-10-3-5-13(18(19)20)8-14(10)17-9-11-7-12(16)4-6-15(11)21-2/h3-8,17H,9H2,1-2H3. The van der Waals surface area contributed by atoms with Crippen LogP contribution < -0.4 is 10.1 Å². The lowest BCUT2D eigenvalue weighted by atomic mass is 10.1. The molecule has 5 nitrogen and oxygen atoms in total. The van der Waals surface area contributed by atoms with E-state index in [0.717, 1.165) is 16.9 Å². The van der Waals surface area contributed by atoms with Crippen LogP contribution in [0.2, 0.25) is 5.02 Å². The SMILES string of the molecule is COc1ccc(Cl)cc1CNc1cc([N+](=O)[O-])ccc1C. The molecule has 0 amide bonds. The number of anilines is 1. The zero-order chi connectivity index (χ0) is 15.4. The van der Waals surface area contributed by atoms with Gasteiger partial charge in [0.05, 0.1) is 12.0 Å². The molecule has 2 aromatic rings. The van der Waals surface area contributed by atoms with Crippen LogP contribution >= 0.6 is 11.6 Å². The number of nitrogens with zero attached hydrogens (tertiary/aromatic N) is 1. The van der Waals surface area contributed by atoms with Crippen molar-refractivity contribution >= 4 is 23.0 Å². The van der Waals surface area contributed by atoms with Crippen LogP contribution in [0.3, 0.4) is 0 Å². The average Bonchev–Trinajstić information content (AvgIpc) is 2.46. The lowest BCUT2D eigenvalue weighted by Gasteiger charge is -2.12. The molecule has 0 unspecified atom stereocenters. The number of halogens is 1. The number of hydrogen-bond acceptors (Lipinski definition) is 4. The monoisotopic (exact) mass is 306 g/mol. The molecule has 0 heterocycles. The lowest BCUT2D eigenvalue weighted by molar-refractivity contribution is -0.384. The lowest BCUT2D eigenvalue weighted by Crippen LogP contribution is -2.03. The molecule has 0 fully saturated rings. The summed E-state index contributed by atoms with van der Waals surface area (Å²) in [6.45, 7) is 2.35. The summed E-state index contributed by atoms with van der Waals surface area (Å²) in [5.74, 6) is 0.718. The molecule has 1 N–H and O–H groups in total. The summed E-state index contributed by atoms with van der Waals surface area (Å²) < 4.78 is 5.27. The fourth-order valence-corrected chi connectivity index (χ4v) is 2.18. The topological polar surface area (TPSA) is 64.4 Å². The molecular weight excluding hydrogens is 292 g/mol. The highest BCUT2D eigenvalue weighted by molar-refractivity contribution is 6.30. The van der Waals surface area contributed by atoms with Crippen molar-refractivity contribution in [3.05, 3.63) is 62.7 Å². The van der Waals surface area contributed by atoms with Crippen molar-refractivity contribution in [2.75, 3.05) is 12.4 Å². The van der Waals surface area contributed by atoms with E-state index in [2.05, 4.69) is 5.32 Å². The van der Waals surface area contributed by atoms with Crippen molar-refractivity contribution in [2.45, 2.75) is 13.5 Å². The molecule has 0 aliphatic rings. The third-order valence-corrected chi connectivity index (χ3v) is 3.38. The summed E-state index contributed by atoms with van der Waals surface area (Å²) in [6, 6.07) is 10.1. The number of nitro groups is 1. The normalized spacial score (nSPS) is 10.2. The number of benzene rings is 2. The van der Waals surface area contributed by atoms with Crippen LogP contribution in [0.15, 0.2) is 36.4 Å². The highest BCUT2D eigenvalue weighted by Gasteiger charge is 2.09. The van der Waals surface area contributed by atoms with Crippen LogP contribution in [0.1, 0.15) is 11.1 Å². The smallest absolute Gasteiger partial charge is 0.271 e. The molecule has 21 heavy (non-hydrogen) atoms. The van der Waals surface area contributed by atoms with E-state index in [4.69, 9.17) is 16.3 Å². The van der Waals surface area contributed by atoms with Gasteiger partial charge < -0.3 is 10.1 Å². The highest BCUT2D eigenvalue weighted by Crippen LogP contribution is 2.26. The van der Waals surface area contributed by atoms with Gasteiger partial charge >= 0.3 is 0 Å². The van der Waals surface area contributed by atoms with Gasteiger partial charge in [-0.1, -0.05) is 17.7 Å². The molecule has 0 saturated carbocycles. The summed E-state index contributed by atoms with van der Waals surface area (Å²) in [7, 11) is 1.59. The predicted octanol–water partition coefficient (Wildman–Crippen LogP) is 4.18. The number of ether oxygens (including phenoxy) is 1. The van der Waals surface area contributed by atoms with Crippen molar-refractivity contribution < 1.29 is 9.66 Å². The number of hydrogen-bond donors (Lipinski definition) is 1. The fourth-order valence-electron chi connectivity index (χ4n) is 1.99. The molecule has 110 valence electrons. The van der Waals surface area contributed by atoms with Gasteiger partial charge in [-0.2, -0.15) is 0 Å². The van der Waals surface area contributed by atoms with E-state index in [1.54, 1.807) is 31.4 Å². The summed E-state index contributed by atoms with van der Waals surface area (Å²) >= 11 is 5.98. The molecule has 0 atom stereocenters. The first kappa shape index (κ1) is 15.1. The Morgan fingerprint density at radius 1 is 1.29 bits per heavy atom. The Hall–Kier alpha value is -2.27. The summed E-state index contributed by atoms with van der Waals surface area (Å²) in [6.07, 6.45) is 0. The van der Waals surface area contributed by atoms with E-state index in [-0.39, 0.29) is 5.69 Å². The molecule has 2 aromatic carbocycles. The Morgan fingerprint density at radius 2 is 2.05 bits per heavy atom. The predicted molar refractivity (Wildman–Crippen MR) is 83.2 cm³/mol. The van der Waals surface area contributed by atoms with Crippen LogP contribution in [0.4, 0.5) is 11.4 Å². The molecule has 2 rings (SSSR count). The average molecular weight is 307 g/mol. The fraction of sp³-hybridized carbons (Fsp3) is 0.200. The van der Waals surface area contributed by atoms with Crippen LogP contribution in [0.5, 0.6) is 5.75 Å². The Balaban J connectivity index is 2.22. The summed E-state index contributed by atoms with van der Waals surface area (Å²) in [5.41, 5.74) is 2.59.